The van der Waals surface area contributed by atoms with Gasteiger partial charge in [-0.1, -0.05) is 51.6 Å². The second kappa shape index (κ2) is 7.93. The smallest absolute Gasteiger partial charge is 0.0144 e. The zero-order valence-corrected chi connectivity index (χ0v) is 9.53. The van der Waals surface area contributed by atoms with Gasteiger partial charge in [0, 0.05) is 4.90 Å². The normalized spacial score (nSPS) is 8.54. The third kappa shape index (κ3) is 4.18. The lowest BCUT2D eigenvalue weighted by atomic mass is 10.2. The van der Waals surface area contributed by atoms with E-state index in [0.29, 0.717) is 0 Å². The molecule has 0 atom stereocenters. The van der Waals surface area contributed by atoms with Gasteiger partial charge in [0.25, 0.3) is 0 Å². The fraction of sp³-hybridized carbons (Fsp3) is 0.333. The molecule has 0 aliphatic heterocycles. The first-order chi connectivity index (χ1) is 6.38. The number of rotatable bonds is 3. The largest absolute Gasteiger partial charge is 0.126 e. The third-order valence-corrected chi connectivity index (χ3v) is 2.41. The summed E-state index contributed by atoms with van der Waals surface area (Å²) in [6.07, 6.45) is 1.90. The Morgan fingerprint density at radius 1 is 1.31 bits per heavy atom. The fourth-order valence-corrected chi connectivity index (χ4v) is 1.74. The highest BCUT2D eigenvalue weighted by Gasteiger charge is 1.95. The summed E-state index contributed by atoms with van der Waals surface area (Å²) >= 11 is 1.86. The molecule has 1 heteroatoms. The topological polar surface area (TPSA) is 0 Å². The molecule has 0 radical (unpaired) electrons. The van der Waals surface area contributed by atoms with Gasteiger partial charge in [0.05, 0.1) is 0 Å². The van der Waals surface area contributed by atoms with Crippen LogP contribution in [0.5, 0.6) is 0 Å². The Kier molecular flexibility index (Phi) is 7.51. The quantitative estimate of drug-likeness (QED) is 0.640. The SMILES string of the molecule is C=Cc1ccccc1SCC.CC. The van der Waals surface area contributed by atoms with Gasteiger partial charge in [-0.2, -0.15) is 0 Å². The molecule has 72 valence electrons. The van der Waals surface area contributed by atoms with Gasteiger partial charge in [-0.05, 0) is 17.4 Å². The van der Waals surface area contributed by atoms with E-state index in [1.54, 1.807) is 0 Å². The van der Waals surface area contributed by atoms with Crippen LogP contribution in [0.25, 0.3) is 6.08 Å². The van der Waals surface area contributed by atoms with Gasteiger partial charge in [-0.25, -0.2) is 0 Å². The van der Waals surface area contributed by atoms with E-state index in [1.807, 2.05) is 37.8 Å². The van der Waals surface area contributed by atoms with Gasteiger partial charge >= 0.3 is 0 Å². The second-order valence-corrected chi connectivity index (χ2v) is 3.48. The Balaban J connectivity index is 0.000000671. The molecule has 0 nitrogen and oxygen atoms in total. The van der Waals surface area contributed by atoms with Crippen molar-refractivity contribution in [2.24, 2.45) is 0 Å². The highest BCUT2D eigenvalue weighted by Crippen LogP contribution is 2.22. The summed E-state index contributed by atoms with van der Waals surface area (Å²) in [5.74, 6) is 1.12. The first kappa shape index (κ1) is 12.3. The minimum Gasteiger partial charge on any atom is -0.126 e. The molecule has 1 aromatic carbocycles. The zero-order chi connectivity index (χ0) is 10.1. The molecule has 13 heavy (non-hydrogen) atoms. The number of benzene rings is 1. The van der Waals surface area contributed by atoms with Crippen LogP contribution in [-0.4, -0.2) is 5.75 Å². The van der Waals surface area contributed by atoms with E-state index in [9.17, 15) is 0 Å². The molecule has 0 N–H and O–H groups in total. The lowest BCUT2D eigenvalue weighted by Gasteiger charge is -2.01. The van der Waals surface area contributed by atoms with Crippen LogP contribution < -0.4 is 0 Å². The number of thioether (sulfide) groups is 1. The summed E-state index contributed by atoms with van der Waals surface area (Å²) in [6.45, 7) is 9.92. The Morgan fingerprint density at radius 2 is 1.92 bits per heavy atom. The molecule has 0 saturated carbocycles. The molecule has 0 spiro atoms. The van der Waals surface area contributed by atoms with Crippen molar-refractivity contribution >= 4 is 17.8 Å². The summed E-state index contributed by atoms with van der Waals surface area (Å²) in [7, 11) is 0. The molecule has 0 heterocycles. The van der Waals surface area contributed by atoms with Crippen molar-refractivity contribution < 1.29 is 0 Å². The van der Waals surface area contributed by atoms with E-state index in [0.717, 1.165) is 5.75 Å². The lowest BCUT2D eigenvalue weighted by Crippen LogP contribution is -1.77. The molecule has 1 aromatic rings. The maximum absolute atomic E-state index is 3.76. The van der Waals surface area contributed by atoms with Crippen LogP contribution in [0, 0.1) is 0 Å². The average Bonchev–Trinajstić information content (AvgIpc) is 2.22. The second-order valence-electron chi connectivity index (χ2n) is 2.17. The van der Waals surface area contributed by atoms with Gasteiger partial charge in [0.2, 0.25) is 0 Å². The minimum atomic E-state index is 1.12. The predicted molar refractivity (Wildman–Crippen MR) is 64.3 cm³/mol. The molecular formula is C12H18S. The van der Waals surface area contributed by atoms with Crippen LogP contribution in [0.2, 0.25) is 0 Å². The van der Waals surface area contributed by atoms with E-state index in [2.05, 4.69) is 31.7 Å². The number of hydrogen-bond donors (Lipinski definition) is 0. The molecule has 1 rings (SSSR count). The first-order valence-electron chi connectivity index (χ1n) is 4.72. The Morgan fingerprint density at radius 3 is 2.46 bits per heavy atom. The Labute approximate surface area is 86.1 Å². The van der Waals surface area contributed by atoms with Crippen LogP contribution in [-0.2, 0) is 0 Å². The molecule has 0 bridgehead atoms. The van der Waals surface area contributed by atoms with Crippen LogP contribution in [0.4, 0.5) is 0 Å². The standard InChI is InChI=1S/C10H12S.C2H6/c1-3-9-7-5-6-8-10(9)11-4-2;1-2/h3,5-8H,1,4H2,2H3;1-2H3. The van der Waals surface area contributed by atoms with E-state index < -0.39 is 0 Å². The van der Waals surface area contributed by atoms with Crippen LogP contribution in [0.3, 0.4) is 0 Å². The van der Waals surface area contributed by atoms with Crippen LogP contribution in [0.1, 0.15) is 26.3 Å². The lowest BCUT2D eigenvalue weighted by molar-refractivity contribution is 1.40. The van der Waals surface area contributed by atoms with Crippen LogP contribution >= 0.6 is 11.8 Å². The van der Waals surface area contributed by atoms with Gasteiger partial charge in [-0.15, -0.1) is 11.8 Å². The average molecular weight is 194 g/mol. The maximum atomic E-state index is 3.76. The van der Waals surface area contributed by atoms with Gasteiger partial charge in [0.1, 0.15) is 0 Å². The fourth-order valence-electron chi connectivity index (χ4n) is 0.936. The van der Waals surface area contributed by atoms with Crippen LogP contribution in [0.15, 0.2) is 35.7 Å². The molecule has 0 amide bonds. The summed E-state index contributed by atoms with van der Waals surface area (Å²) in [5.41, 5.74) is 1.24. The molecule has 0 aliphatic rings. The summed E-state index contributed by atoms with van der Waals surface area (Å²) in [4.78, 5) is 1.32. The minimum absolute atomic E-state index is 1.12. The third-order valence-electron chi connectivity index (χ3n) is 1.44. The molecular weight excluding hydrogens is 176 g/mol. The van der Waals surface area contributed by atoms with Gasteiger partial charge in [0.15, 0.2) is 0 Å². The van der Waals surface area contributed by atoms with Gasteiger partial charge in [-0.3, -0.25) is 0 Å². The van der Waals surface area contributed by atoms with Gasteiger partial charge < -0.3 is 0 Å². The molecule has 0 saturated heterocycles. The molecule has 0 aromatic heterocycles. The van der Waals surface area contributed by atoms with E-state index >= 15 is 0 Å². The Bertz CT molecular complexity index is 241. The first-order valence-corrected chi connectivity index (χ1v) is 5.71. The van der Waals surface area contributed by atoms with Crippen molar-refractivity contribution in [2.45, 2.75) is 25.7 Å². The maximum Gasteiger partial charge on any atom is 0.0144 e. The Hall–Kier alpha value is -0.690. The molecule has 0 unspecified atom stereocenters. The highest BCUT2D eigenvalue weighted by molar-refractivity contribution is 7.99. The van der Waals surface area contributed by atoms with Crippen molar-refractivity contribution in [3.63, 3.8) is 0 Å². The molecule has 0 fully saturated rings. The van der Waals surface area contributed by atoms with E-state index in [1.165, 1.54) is 10.5 Å². The highest BCUT2D eigenvalue weighted by atomic mass is 32.2. The van der Waals surface area contributed by atoms with Crippen molar-refractivity contribution in [2.75, 3.05) is 5.75 Å². The van der Waals surface area contributed by atoms with Crippen molar-refractivity contribution in [1.82, 2.24) is 0 Å². The predicted octanol–water partition coefficient (Wildman–Crippen LogP) is 4.47. The molecule has 0 aliphatic carbocycles. The monoisotopic (exact) mass is 194 g/mol. The van der Waals surface area contributed by atoms with Crippen molar-refractivity contribution in [3.05, 3.63) is 36.4 Å². The van der Waals surface area contributed by atoms with Crippen molar-refractivity contribution in [1.29, 1.82) is 0 Å². The summed E-state index contributed by atoms with van der Waals surface area (Å²) in [6, 6.07) is 8.32. The summed E-state index contributed by atoms with van der Waals surface area (Å²) in [5, 5.41) is 0. The van der Waals surface area contributed by atoms with E-state index in [4.69, 9.17) is 0 Å². The van der Waals surface area contributed by atoms with Crippen molar-refractivity contribution in [3.8, 4) is 0 Å². The number of hydrogen-bond acceptors (Lipinski definition) is 1. The van der Waals surface area contributed by atoms with E-state index in [-0.39, 0.29) is 0 Å². The summed E-state index contributed by atoms with van der Waals surface area (Å²) < 4.78 is 0. The zero-order valence-electron chi connectivity index (χ0n) is 8.71.